The molecule has 1 aliphatic heterocycles. The number of aromatic amines is 1. The standard InChI is InChI=1S/C22H22ClF2N5O3/c23-22(24,25)33-16-4-2-15(3-5-16)28-21(32)13-1-6-19(17(9-13)18-7-8-27-29-18)30-11-14(10-26)20(31)12-30/h1-9,14,20,31H,10-12,26H2,(H,27,29)(H,28,32)/t14-,20+/m0/s1. The van der Waals surface area contributed by atoms with E-state index >= 15 is 0 Å². The van der Waals surface area contributed by atoms with Crippen molar-refractivity contribution in [2.24, 2.45) is 11.7 Å². The Morgan fingerprint density at radius 2 is 2.03 bits per heavy atom. The number of nitrogens with two attached hydrogens (primary N) is 1. The number of benzene rings is 2. The van der Waals surface area contributed by atoms with Crippen LogP contribution in [-0.2, 0) is 0 Å². The molecule has 8 nitrogen and oxygen atoms in total. The van der Waals surface area contributed by atoms with Gasteiger partial charge in [0.1, 0.15) is 5.75 Å². The number of H-pyrrole nitrogens is 1. The molecule has 4 rings (SSSR count). The first-order chi connectivity index (χ1) is 15.7. The van der Waals surface area contributed by atoms with E-state index in [0.29, 0.717) is 36.6 Å². The summed E-state index contributed by atoms with van der Waals surface area (Å²) in [5, 5.41) is 19.9. The number of hydrogen-bond donors (Lipinski definition) is 4. The van der Waals surface area contributed by atoms with Gasteiger partial charge >= 0.3 is 5.57 Å². The maximum Gasteiger partial charge on any atom is 0.487 e. The Kier molecular flexibility index (Phi) is 6.50. The first-order valence-electron chi connectivity index (χ1n) is 10.2. The van der Waals surface area contributed by atoms with Crippen LogP contribution in [0.25, 0.3) is 11.3 Å². The number of halogens is 3. The van der Waals surface area contributed by atoms with Crippen molar-refractivity contribution in [3.8, 4) is 17.0 Å². The number of nitrogens with zero attached hydrogens (tertiary/aromatic N) is 2. The van der Waals surface area contributed by atoms with Crippen molar-refractivity contribution in [3.05, 3.63) is 60.3 Å². The highest BCUT2D eigenvalue weighted by molar-refractivity contribution is 6.20. The summed E-state index contributed by atoms with van der Waals surface area (Å²) in [7, 11) is 0. The fourth-order valence-corrected chi connectivity index (χ4v) is 3.89. The van der Waals surface area contributed by atoms with Crippen molar-refractivity contribution in [1.82, 2.24) is 10.2 Å². The third-order valence-corrected chi connectivity index (χ3v) is 5.52. The summed E-state index contributed by atoms with van der Waals surface area (Å²) in [6, 6.07) is 12.4. The van der Waals surface area contributed by atoms with Crippen molar-refractivity contribution in [3.63, 3.8) is 0 Å². The Bertz CT molecular complexity index is 1110. The van der Waals surface area contributed by atoms with Gasteiger partial charge in [0.2, 0.25) is 0 Å². The molecule has 11 heteroatoms. The number of aromatic nitrogens is 2. The zero-order valence-electron chi connectivity index (χ0n) is 17.3. The van der Waals surface area contributed by atoms with E-state index in [-0.39, 0.29) is 17.6 Å². The minimum atomic E-state index is -3.81. The molecule has 5 N–H and O–H groups in total. The van der Waals surface area contributed by atoms with E-state index in [1.807, 2.05) is 11.0 Å². The molecule has 33 heavy (non-hydrogen) atoms. The number of anilines is 2. The molecule has 0 bridgehead atoms. The summed E-state index contributed by atoms with van der Waals surface area (Å²) >= 11 is 4.76. The lowest BCUT2D eigenvalue weighted by Gasteiger charge is -2.22. The van der Waals surface area contributed by atoms with E-state index in [9.17, 15) is 18.7 Å². The minimum Gasteiger partial charge on any atom is -0.420 e. The average molecular weight is 478 g/mol. The van der Waals surface area contributed by atoms with Gasteiger partial charge in [-0.2, -0.15) is 5.10 Å². The molecule has 1 saturated heterocycles. The van der Waals surface area contributed by atoms with E-state index in [4.69, 9.17) is 17.3 Å². The molecule has 1 amide bonds. The topological polar surface area (TPSA) is 117 Å². The highest BCUT2D eigenvalue weighted by Gasteiger charge is 2.32. The summed E-state index contributed by atoms with van der Waals surface area (Å²) in [6.07, 6.45) is 1.08. The van der Waals surface area contributed by atoms with Gasteiger partial charge in [-0.15, -0.1) is 8.78 Å². The summed E-state index contributed by atoms with van der Waals surface area (Å²) < 4.78 is 29.8. The van der Waals surface area contributed by atoms with Crippen molar-refractivity contribution in [2.45, 2.75) is 11.7 Å². The van der Waals surface area contributed by atoms with Gasteiger partial charge in [0.25, 0.3) is 5.91 Å². The summed E-state index contributed by atoms with van der Waals surface area (Å²) in [5.41, 5.74) is 5.03. The van der Waals surface area contributed by atoms with Crippen molar-refractivity contribution in [1.29, 1.82) is 0 Å². The fourth-order valence-electron chi connectivity index (χ4n) is 3.80. The van der Waals surface area contributed by atoms with Gasteiger partial charge < -0.3 is 25.8 Å². The molecule has 1 fully saturated rings. The van der Waals surface area contributed by atoms with Crippen LogP contribution in [-0.4, -0.2) is 52.5 Å². The summed E-state index contributed by atoms with van der Waals surface area (Å²) in [5.74, 6) is -0.560. The number of aliphatic hydroxyl groups excluding tert-OH is 1. The first-order valence-corrected chi connectivity index (χ1v) is 10.6. The SMILES string of the molecule is NC[C@H]1CN(c2ccc(C(=O)Nc3ccc(OC(F)(F)Cl)cc3)cc2-c2ccn[nH]2)C[C@H]1O. The van der Waals surface area contributed by atoms with Crippen LogP contribution in [0.2, 0.25) is 0 Å². The Labute approximate surface area is 193 Å². The normalized spacial score (nSPS) is 18.4. The molecule has 0 radical (unpaired) electrons. The maximum atomic E-state index is 12.9. The van der Waals surface area contributed by atoms with Gasteiger partial charge in [0.15, 0.2) is 0 Å². The van der Waals surface area contributed by atoms with Crippen LogP contribution in [0.4, 0.5) is 20.2 Å². The van der Waals surface area contributed by atoms with Crippen LogP contribution in [0.3, 0.4) is 0 Å². The van der Waals surface area contributed by atoms with Crippen LogP contribution in [0.5, 0.6) is 5.75 Å². The second-order valence-electron chi connectivity index (χ2n) is 7.70. The lowest BCUT2D eigenvalue weighted by molar-refractivity contribution is -0.0964. The third-order valence-electron chi connectivity index (χ3n) is 5.45. The van der Waals surface area contributed by atoms with E-state index in [1.54, 1.807) is 24.4 Å². The van der Waals surface area contributed by atoms with Gasteiger partial charge in [-0.25, -0.2) is 0 Å². The second-order valence-corrected chi connectivity index (χ2v) is 8.14. The van der Waals surface area contributed by atoms with E-state index in [0.717, 1.165) is 11.3 Å². The molecular weight excluding hydrogens is 456 g/mol. The third kappa shape index (κ3) is 5.41. The number of alkyl halides is 3. The summed E-state index contributed by atoms with van der Waals surface area (Å²) in [4.78, 5) is 14.9. The Morgan fingerprint density at radius 1 is 1.27 bits per heavy atom. The number of β-amino-alcohol motifs (C(OH)–C–C–N with tert-alkyl or cyclic N) is 1. The molecule has 1 aliphatic rings. The van der Waals surface area contributed by atoms with E-state index < -0.39 is 11.7 Å². The fraction of sp³-hybridized carbons (Fsp3) is 0.273. The lowest BCUT2D eigenvalue weighted by Crippen LogP contribution is -2.25. The zero-order chi connectivity index (χ0) is 23.6. The van der Waals surface area contributed by atoms with Gasteiger partial charge in [0.05, 0.1) is 11.8 Å². The van der Waals surface area contributed by atoms with E-state index in [1.165, 1.54) is 24.3 Å². The molecule has 1 aromatic heterocycles. The number of rotatable bonds is 7. The average Bonchev–Trinajstić information content (AvgIpc) is 3.43. The van der Waals surface area contributed by atoms with Crippen LogP contribution in [0.15, 0.2) is 54.7 Å². The van der Waals surface area contributed by atoms with Gasteiger partial charge in [-0.1, -0.05) is 0 Å². The Balaban J connectivity index is 1.56. The number of aliphatic hydroxyl groups is 1. The van der Waals surface area contributed by atoms with Crippen molar-refractivity contribution >= 4 is 28.9 Å². The molecule has 2 aromatic carbocycles. The maximum absolute atomic E-state index is 12.9. The number of nitrogens with one attached hydrogen (secondary N) is 2. The largest absolute Gasteiger partial charge is 0.487 e. The zero-order valence-corrected chi connectivity index (χ0v) is 18.1. The summed E-state index contributed by atoms with van der Waals surface area (Å²) in [6.45, 7) is 1.41. The lowest BCUT2D eigenvalue weighted by atomic mass is 10.0. The molecular formula is C22H22ClF2N5O3. The predicted octanol–water partition coefficient (Wildman–Crippen LogP) is 3.25. The Morgan fingerprint density at radius 3 is 2.64 bits per heavy atom. The van der Waals surface area contributed by atoms with Gasteiger partial charge in [0, 0.05) is 59.3 Å². The van der Waals surface area contributed by atoms with Crippen LogP contribution in [0, 0.1) is 5.92 Å². The van der Waals surface area contributed by atoms with Crippen LogP contribution < -0.4 is 20.7 Å². The van der Waals surface area contributed by atoms with Gasteiger partial charge in [-0.3, -0.25) is 9.89 Å². The number of carbonyl (C=O) groups is 1. The highest BCUT2D eigenvalue weighted by atomic mass is 35.5. The minimum absolute atomic E-state index is 0.0340. The molecule has 0 spiro atoms. The highest BCUT2D eigenvalue weighted by Crippen LogP contribution is 2.34. The molecule has 2 heterocycles. The number of carbonyl (C=O) groups excluding carboxylic acids is 1. The quantitative estimate of drug-likeness (QED) is 0.388. The molecule has 0 saturated carbocycles. The van der Waals surface area contributed by atoms with Gasteiger partial charge in [-0.05, 0) is 55.1 Å². The molecule has 0 aliphatic carbocycles. The smallest absolute Gasteiger partial charge is 0.420 e. The van der Waals surface area contributed by atoms with Crippen LogP contribution >= 0.6 is 11.6 Å². The van der Waals surface area contributed by atoms with Crippen LogP contribution in [0.1, 0.15) is 10.4 Å². The monoisotopic (exact) mass is 477 g/mol. The number of ether oxygens (including phenoxy) is 1. The van der Waals surface area contributed by atoms with E-state index in [2.05, 4.69) is 20.3 Å². The Hall–Kier alpha value is -3.21. The van der Waals surface area contributed by atoms with Crippen molar-refractivity contribution in [2.75, 3.05) is 29.9 Å². The van der Waals surface area contributed by atoms with Crippen molar-refractivity contribution < 1.29 is 23.4 Å². The molecule has 2 atom stereocenters. The molecule has 0 unspecified atom stereocenters. The molecule has 174 valence electrons. The number of amides is 1. The molecule has 3 aromatic rings. The first kappa shape index (κ1) is 23.0. The number of hydrogen-bond acceptors (Lipinski definition) is 6. The second kappa shape index (κ2) is 9.34. The predicted molar refractivity (Wildman–Crippen MR) is 121 cm³/mol.